The molecule has 0 bridgehead atoms. The fourth-order valence-electron chi connectivity index (χ4n) is 2.31. The van der Waals surface area contributed by atoms with E-state index in [9.17, 15) is 17.6 Å². The number of carbonyl (C=O) groups excluding carboxylic acids is 1. The Labute approximate surface area is 152 Å². The van der Waals surface area contributed by atoms with Gasteiger partial charge in [-0.15, -0.1) is 0 Å². The van der Waals surface area contributed by atoms with E-state index in [1.54, 1.807) is 6.07 Å². The third kappa shape index (κ3) is 5.73. The minimum atomic E-state index is -3.69. The zero-order chi connectivity index (χ0) is 19.2. The zero-order valence-electron chi connectivity index (χ0n) is 14.6. The molecule has 2 aromatic rings. The third-order valence-electron chi connectivity index (χ3n) is 3.50. The van der Waals surface area contributed by atoms with E-state index in [0.717, 1.165) is 28.3 Å². The van der Waals surface area contributed by atoms with Crippen molar-refractivity contribution < 1.29 is 22.3 Å². The molecule has 1 amide bonds. The Kier molecular flexibility index (Phi) is 6.57. The number of carbonyl (C=O) groups is 1. The first kappa shape index (κ1) is 19.7. The van der Waals surface area contributed by atoms with Crippen molar-refractivity contribution in [3.8, 4) is 5.75 Å². The Morgan fingerprint density at radius 1 is 1.19 bits per heavy atom. The van der Waals surface area contributed by atoms with E-state index >= 15 is 0 Å². The lowest BCUT2D eigenvalue weighted by molar-refractivity contribution is -0.119. The lowest BCUT2D eigenvalue weighted by Gasteiger charge is -2.21. The summed E-state index contributed by atoms with van der Waals surface area (Å²) < 4.78 is 43.3. The molecule has 0 atom stereocenters. The van der Waals surface area contributed by atoms with Crippen LogP contribution < -0.4 is 14.4 Å². The fourth-order valence-corrected chi connectivity index (χ4v) is 3.16. The summed E-state index contributed by atoms with van der Waals surface area (Å²) in [5.41, 5.74) is 1.05. The highest BCUT2D eigenvalue weighted by Crippen LogP contribution is 2.18. The summed E-state index contributed by atoms with van der Waals surface area (Å²) in [6.07, 6.45) is 0.995. The number of nitrogens with one attached hydrogen (secondary N) is 1. The second-order valence-corrected chi connectivity index (χ2v) is 7.51. The van der Waals surface area contributed by atoms with E-state index in [1.807, 2.05) is 25.1 Å². The Hall–Kier alpha value is -2.61. The molecule has 2 rings (SSSR count). The van der Waals surface area contributed by atoms with Crippen molar-refractivity contribution in [3.63, 3.8) is 0 Å². The van der Waals surface area contributed by atoms with Gasteiger partial charge in [-0.25, -0.2) is 12.8 Å². The van der Waals surface area contributed by atoms with Gasteiger partial charge < -0.3 is 10.1 Å². The van der Waals surface area contributed by atoms with E-state index in [4.69, 9.17) is 4.74 Å². The summed E-state index contributed by atoms with van der Waals surface area (Å²) in [6, 6.07) is 12.2. The third-order valence-corrected chi connectivity index (χ3v) is 4.64. The number of hydrogen-bond donors (Lipinski definition) is 1. The zero-order valence-corrected chi connectivity index (χ0v) is 15.4. The number of nitrogens with zero attached hydrogens (tertiary/aromatic N) is 1. The first-order chi connectivity index (χ1) is 12.3. The van der Waals surface area contributed by atoms with Gasteiger partial charge in [-0.3, -0.25) is 9.10 Å². The summed E-state index contributed by atoms with van der Waals surface area (Å²) >= 11 is 0. The van der Waals surface area contributed by atoms with Crippen LogP contribution in [-0.2, 0) is 21.4 Å². The lowest BCUT2D eigenvalue weighted by atomic mass is 10.2. The highest BCUT2D eigenvalue weighted by molar-refractivity contribution is 7.92. The molecule has 0 aliphatic heterocycles. The minimum absolute atomic E-state index is 0.224. The molecule has 8 heteroatoms. The quantitative estimate of drug-likeness (QED) is 0.763. The molecule has 0 unspecified atom stereocenters. The van der Waals surface area contributed by atoms with Gasteiger partial charge in [-0.05, 0) is 48.9 Å². The number of ether oxygens (including phenoxy) is 1. The van der Waals surface area contributed by atoms with Crippen LogP contribution in [0, 0.1) is 5.82 Å². The Bertz CT molecular complexity index is 854. The summed E-state index contributed by atoms with van der Waals surface area (Å²) in [6.45, 7) is 2.26. The molecule has 0 aliphatic carbocycles. The van der Waals surface area contributed by atoms with Gasteiger partial charge in [0.15, 0.2) is 0 Å². The summed E-state index contributed by atoms with van der Waals surface area (Å²) in [4.78, 5) is 12.2. The molecule has 0 saturated heterocycles. The van der Waals surface area contributed by atoms with Gasteiger partial charge in [0.1, 0.15) is 18.1 Å². The van der Waals surface area contributed by atoms with Gasteiger partial charge in [0.05, 0.1) is 18.6 Å². The standard InChI is InChI=1S/C18H21FN2O4S/c1-3-25-17-6-4-5-14(11-17)12-20-18(22)13-21(26(2,23)24)16-9-7-15(19)8-10-16/h4-11H,3,12-13H2,1-2H3,(H,20,22). The monoisotopic (exact) mass is 380 g/mol. The van der Waals surface area contributed by atoms with Crippen molar-refractivity contribution in [2.45, 2.75) is 13.5 Å². The van der Waals surface area contributed by atoms with Crippen LogP contribution in [0.4, 0.5) is 10.1 Å². The molecule has 0 aromatic heterocycles. The average molecular weight is 380 g/mol. The van der Waals surface area contributed by atoms with Crippen LogP contribution in [0.3, 0.4) is 0 Å². The van der Waals surface area contributed by atoms with Crippen molar-refractivity contribution in [2.24, 2.45) is 0 Å². The first-order valence-corrected chi connectivity index (χ1v) is 9.86. The second kappa shape index (κ2) is 8.66. The molecule has 0 radical (unpaired) electrons. The molecule has 0 aliphatic rings. The summed E-state index contributed by atoms with van der Waals surface area (Å²) in [7, 11) is -3.69. The molecule has 2 aromatic carbocycles. The number of benzene rings is 2. The van der Waals surface area contributed by atoms with Crippen molar-refractivity contribution in [1.82, 2.24) is 5.32 Å². The predicted octanol–water partition coefficient (Wildman–Crippen LogP) is 2.31. The van der Waals surface area contributed by atoms with Crippen LogP contribution in [0.25, 0.3) is 0 Å². The van der Waals surface area contributed by atoms with Gasteiger partial charge in [0, 0.05) is 6.54 Å². The lowest BCUT2D eigenvalue weighted by Crippen LogP contribution is -2.40. The number of hydrogen-bond acceptors (Lipinski definition) is 4. The highest BCUT2D eigenvalue weighted by Gasteiger charge is 2.20. The van der Waals surface area contributed by atoms with Crippen molar-refractivity contribution in [1.29, 1.82) is 0 Å². The van der Waals surface area contributed by atoms with Crippen LogP contribution in [0.15, 0.2) is 48.5 Å². The van der Waals surface area contributed by atoms with E-state index in [2.05, 4.69) is 5.32 Å². The van der Waals surface area contributed by atoms with Crippen LogP contribution in [0.2, 0.25) is 0 Å². The van der Waals surface area contributed by atoms with Crippen molar-refractivity contribution >= 4 is 21.6 Å². The fraction of sp³-hybridized carbons (Fsp3) is 0.278. The molecule has 0 fully saturated rings. The molecule has 0 saturated carbocycles. The first-order valence-electron chi connectivity index (χ1n) is 8.01. The SMILES string of the molecule is CCOc1cccc(CNC(=O)CN(c2ccc(F)cc2)S(C)(=O)=O)c1. The Morgan fingerprint density at radius 3 is 2.50 bits per heavy atom. The smallest absolute Gasteiger partial charge is 0.241 e. The van der Waals surface area contributed by atoms with Gasteiger partial charge in [0.25, 0.3) is 0 Å². The minimum Gasteiger partial charge on any atom is -0.494 e. The maximum Gasteiger partial charge on any atom is 0.241 e. The van der Waals surface area contributed by atoms with E-state index < -0.39 is 28.3 Å². The molecule has 1 N–H and O–H groups in total. The number of rotatable bonds is 8. The predicted molar refractivity (Wildman–Crippen MR) is 98.0 cm³/mol. The molecular weight excluding hydrogens is 359 g/mol. The van der Waals surface area contributed by atoms with Gasteiger partial charge in [-0.1, -0.05) is 12.1 Å². The Morgan fingerprint density at radius 2 is 1.88 bits per heavy atom. The van der Waals surface area contributed by atoms with Crippen LogP contribution in [0.5, 0.6) is 5.75 Å². The normalized spacial score (nSPS) is 11.0. The second-order valence-electron chi connectivity index (χ2n) is 5.60. The molecule has 26 heavy (non-hydrogen) atoms. The maximum absolute atomic E-state index is 13.0. The Balaban J connectivity index is 2.03. The van der Waals surface area contributed by atoms with Crippen molar-refractivity contribution in [3.05, 3.63) is 59.9 Å². The van der Waals surface area contributed by atoms with Gasteiger partial charge in [-0.2, -0.15) is 0 Å². The van der Waals surface area contributed by atoms with E-state index in [1.165, 1.54) is 12.1 Å². The van der Waals surface area contributed by atoms with Crippen molar-refractivity contribution in [2.75, 3.05) is 23.7 Å². The number of halogens is 1. The van der Waals surface area contributed by atoms with E-state index in [0.29, 0.717) is 12.4 Å². The maximum atomic E-state index is 13.0. The molecule has 0 heterocycles. The van der Waals surface area contributed by atoms with E-state index in [-0.39, 0.29) is 12.2 Å². The van der Waals surface area contributed by atoms with Crippen LogP contribution in [0.1, 0.15) is 12.5 Å². The summed E-state index contributed by atoms with van der Waals surface area (Å²) in [5, 5.41) is 2.68. The molecular formula is C18H21FN2O4S. The van der Waals surface area contributed by atoms with Crippen LogP contribution >= 0.6 is 0 Å². The molecule has 0 spiro atoms. The largest absolute Gasteiger partial charge is 0.494 e. The van der Waals surface area contributed by atoms with Gasteiger partial charge >= 0.3 is 0 Å². The topological polar surface area (TPSA) is 75.7 Å². The average Bonchev–Trinajstić information content (AvgIpc) is 2.58. The number of sulfonamides is 1. The highest BCUT2D eigenvalue weighted by atomic mass is 32.2. The number of anilines is 1. The summed E-state index contributed by atoms with van der Waals surface area (Å²) in [5.74, 6) is -0.259. The molecule has 140 valence electrons. The number of amides is 1. The van der Waals surface area contributed by atoms with Gasteiger partial charge in [0.2, 0.25) is 15.9 Å². The molecule has 6 nitrogen and oxygen atoms in total. The van der Waals surface area contributed by atoms with Crippen LogP contribution in [-0.4, -0.2) is 33.7 Å².